The van der Waals surface area contributed by atoms with Gasteiger partial charge in [-0.2, -0.15) is 5.10 Å². The molecule has 1 aromatic heterocycles. The summed E-state index contributed by atoms with van der Waals surface area (Å²) < 4.78 is 26.4. The molecule has 1 aliphatic rings. The number of fused-ring (bicyclic) bond motifs is 1. The molecule has 0 spiro atoms. The van der Waals surface area contributed by atoms with Crippen LogP contribution in [-0.4, -0.2) is 29.4 Å². The van der Waals surface area contributed by atoms with E-state index in [1.807, 2.05) is 25.1 Å². The maximum Gasteiger partial charge on any atom is 0.226 e. The van der Waals surface area contributed by atoms with Crippen LogP contribution in [0.25, 0.3) is 5.69 Å². The van der Waals surface area contributed by atoms with Crippen molar-refractivity contribution in [3.8, 4) is 17.2 Å². The Balaban J connectivity index is 1.81. The Bertz CT molecular complexity index is 1030. The average Bonchev–Trinajstić information content (AvgIpc) is 3.15. The number of anilines is 1. The van der Waals surface area contributed by atoms with Gasteiger partial charge in [-0.25, -0.2) is 9.07 Å². The van der Waals surface area contributed by atoms with E-state index in [0.29, 0.717) is 29.6 Å². The summed E-state index contributed by atoms with van der Waals surface area (Å²) in [6.07, 6.45) is 2.88. The minimum Gasteiger partial charge on any atom is -0.493 e. The van der Waals surface area contributed by atoms with Gasteiger partial charge in [0.25, 0.3) is 0 Å². The summed E-state index contributed by atoms with van der Waals surface area (Å²) in [6, 6.07) is 11.7. The van der Waals surface area contributed by atoms with Crippen molar-refractivity contribution in [3.05, 3.63) is 65.6 Å². The second-order valence-electron chi connectivity index (χ2n) is 6.87. The molecule has 150 valence electrons. The highest BCUT2D eigenvalue weighted by atomic mass is 19.1. The number of nitrogens with zero attached hydrogens (tertiary/aromatic N) is 2. The van der Waals surface area contributed by atoms with Gasteiger partial charge in [0.05, 0.1) is 25.6 Å². The van der Waals surface area contributed by atoms with Crippen LogP contribution in [0.5, 0.6) is 11.5 Å². The molecule has 1 N–H and O–H groups in total. The molecule has 1 amide bonds. The smallest absolute Gasteiger partial charge is 0.226 e. The van der Waals surface area contributed by atoms with Crippen molar-refractivity contribution >= 4 is 11.7 Å². The summed E-state index contributed by atoms with van der Waals surface area (Å²) in [4.78, 5) is 12.5. The first-order valence-corrected chi connectivity index (χ1v) is 9.55. The fraction of sp³-hybridized carbons (Fsp3) is 0.273. The van der Waals surface area contributed by atoms with Gasteiger partial charge in [0, 0.05) is 23.5 Å². The zero-order valence-electron chi connectivity index (χ0n) is 16.3. The number of carbonyl (C=O) groups is 1. The standard InChI is InChI=1S/C22H22FN3O3/c1-3-11-29-21-16(5-4-6-19(21)28-2)17-12-20(27)25-22-18(17)13-24-26(22)15-9-7-14(23)8-10-15/h4-10,13,17H,3,11-12H2,1-2H3,(H,25,27)/t17-/m0/s1. The van der Waals surface area contributed by atoms with Crippen LogP contribution in [0.2, 0.25) is 0 Å². The second-order valence-corrected chi connectivity index (χ2v) is 6.87. The van der Waals surface area contributed by atoms with Gasteiger partial charge in [-0.3, -0.25) is 4.79 Å². The largest absolute Gasteiger partial charge is 0.493 e. The van der Waals surface area contributed by atoms with E-state index >= 15 is 0 Å². The van der Waals surface area contributed by atoms with Crippen molar-refractivity contribution in [1.29, 1.82) is 0 Å². The Labute approximate surface area is 168 Å². The van der Waals surface area contributed by atoms with Crippen LogP contribution in [0.3, 0.4) is 0 Å². The number of methoxy groups -OCH3 is 1. The van der Waals surface area contributed by atoms with E-state index in [-0.39, 0.29) is 24.1 Å². The van der Waals surface area contributed by atoms with E-state index in [4.69, 9.17) is 9.47 Å². The Morgan fingerprint density at radius 1 is 1.21 bits per heavy atom. The van der Waals surface area contributed by atoms with Crippen LogP contribution in [0.1, 0.15) is 36.8 Å². The van der Waals surface area contributed by atoms with Crippen LogP contribution in [0.4, 0.5) is 10.2 Å². The molecule has 0 saturated carbocycles. The molecular weight excluding hydrogens is 373 g/mol. The van der Waals surface area contributed by atoms with Crippen molar-refractivity contribution in [2.75, 3.05) is 19.0 Å². The summed E-state index contributed by atoms with van der Waals surface area (Å²) in [5, 5.41) is 7.36. The first kappa shape index (κ1) is 19.0. The Morgan fingerprint density at radius 2 is 2.00 bits per heavy atom. The number of aromatic nitrogens is 2. The van der Waals surface area contributed by atoms with Crippen LogP contribution in [0.15, 0.2) is 48.7 Å². The van der Waals surface area contributed by atoms with E-state index < -0.39 is 0 Å². The SMILES string of the molecule is CCCOc1c(OC)cccc1[C@@H]1CC(=O)Nc2c1cnn2-c1ccc(F)cc1. The lowest BCUT2D eigenvalue weighted by Crippen LogP contribution is -2.25. The molecule has 4 rings (SSSR count). The summed E-state index contributed by atoms with van der Waals surface area (Å²) >= 11 is 0. The molecule has 29 heavy (non-hydrogen) atoms. The average molecular weight is 395 g/mol. The van der Waals surface area contributed by atoms with Crippen molar-refractivity contribution in [2.24, 2.45) is 0 Å². The van der Waals surface area contributed by atoms with E-state index in [2.05, 4.69) is 10.4 Å². The second kappa shape index (κ2) is 7.95. The molecule has 0 saturated heterocycles. The molecule has 2 heterocycles. The highest BCUT2D eigenvalue weighted by Crippen LogP contribution is 2.44. The van der Waals surface area contributed by atoms with Crippen LogP contribution >= 0.6 is 0 Å². The Kier molecular flexibility index (Phi) is 5.20. The fourth-order valence-corrected chi connectivity index (χ4v) is 3.60. The molecule has 1 aliphatic heterocycles. The van der Waals surface area contributed by atoms with Gasteiger partial charge in [-0.1, -0.05) is 19.1 Å². The Morgan fingerprint density at radius 3 is 2.72 bits per heavy atom. The molecule has 1 atom stereocenters. The van der Waals surface area contributed by atoms with E-state index in [9.17, 15) is 9.18 Å². The highest BCUT2D eigenvalue weighted by Gasteiger charge is 2.33. The first-order chi connectivity index (χ1) is 14.1. The predicted octanol–water partition coefficient (Wildman–Crippen LogP) is 4.28. The van der Waals surface area contributed by atoms with Crippen LogP contribution in [-0.2, 0) is 4.79 Å². The molecule has 0 radical (unpaired) electrons. The molecule has 6 nitrogen and oxygen atoms in total. The molecule has 0 fully saturated rings. The number of carbonyl (C=O) groups excluding carboxylic acids is 1. The number of hydrogen-bond donors (Lipinski definition) is 1. The van der Waals surface area contributed by atoms with Crippen LogP contribution < -0.4 is 14.8 Å². The summed E-state index contributed by atoms with van der Waals surface area (Å²) in [5.74, 6) is 1.20. The minimum absolute atomic E-state index is 0.115. The van der Waals surface area contributed by atoms with E-state index in [0.717, 1.165) is 17.5 Å². The van der Waals surface area contributed by atoms with Gasteiger partial charge in [0.1, 0.15) is 11.6 Å². The third kappa shape index (κ3) is 3.55. The lowest BCUT2D eigenvalue weighted by molar-refractivity contribution is -0.116. The van der Waals surface area contributed by atoms with Gasteiger partial charge < -0.3 is 14.8 Å². The number of rotatable bonds is 6. The molecule has 0 bridgehead atoms. The first-order valence-electron chi connectivity index (χ1n) is 9.55. The van der Waals surface area contributed by atoms with Gasteiger partial charge >= 0.3 is 0 Å². The maximum absolute atomic E-state index is 13.3. The van der Waals surface area contributed by atoms with Gasteiger partial charge in [0.2, 0.25) is 5.91 Å². The topological polar surface area (TPSA) is 65.4 Å². The monoisotopic (exact) mass is 395 g/mol. The number of nitrogens with one attached hydrogen (secondary N) is 1. The van der Waals surface area contributed by atoms with Crippen LogP contribution in [0, 0.1) is 5.82 Å². The zero-order valence-corrected chi connectivity index (χ0v) is 16.3. The van der Waals surface area contributed by atoms with E-state index in [1.54, 1.807) is 30.1 Å². The number of amides is 1. The minimum atomic E-state index is -0.328. The third-order valence-corrected chi connectivity index (χ3v) is 4.95. The number of halogens is 1. The maximum atomic E-state index is 13.3. The number of para-hydroxylation sites is 1. The molecule has 7 heteroatoms. The fourth-order valence-electron chi connectivity index (χ4n) is 3.60. The number of hydrogen-bond acceptors (Lipinski definition) is 4. The number of ether oxygens (including phenoxy) is 2. The molecule has 0 aliphatic carbocycles. The lowest BCUT2D eigenvalue weighted by Gasteiger charge is -2.26. The lowest BCUT2D eigenvalue weighted by atomic mass is 9.86. The summed E-state index contributed by atoms with van der Waals surface area (Å²) in [6.45, 7) is 2.59. The quantitative estimate of drug-likeness (QED) is 0.677. The zero-order chi connectivity index (χ0) is 20.4. The van der Waals surface area contributed by atoms with Crippen molar-refractivity contribution in [2.45, 2.75) is 25.7 Å². The van der Waals surface area contributed by atoms with Gasteiger partial charge in [-0.05, 0) is 36.8 Å². The molecular formula is C22H22FN3O3. The highest BCUT2D eigenvalue weighted by molar-refractivity contribution is 5.94. The normalized spacial score (nSPS) is 15.6. The molecule has 2 aromatic carbocycles. The van der Waals surface area contributed by atoms with Crippen molar-refractivity contribution in [3.63, 3.8) is 0 Å². The summed E-state index contributed by atoms with van der Waals surface area (Å²) in [7, 11) is 1.60. The Hall–Kier alpha value is -3.35. The predicted molar refractivity (Wildman–Crippen MR) is 107 cm³/mol. The van der Waals surface area contributed by atoms with Crippen molar-refractivity contribution in [1.82, 2.24) is 9.78 Å². The molecule has 3 aromatic rings. The van der Waals surface area contributed by atoms with Gasteiger partial charge in [0.15, 0.2) is 11.5 Å². The third-order valence-electron chi connectivity index (χ3n) is 4.95. The van der Waals surface area contributed by atoms with E-state index in [1.165, 1.54) is 12.1 Å². The number of benzene rings is 2. The van der Waals surface area contributed by atoms with Crippen molar-refractivity contribution < 1.29 is 18.7 Å². The molecule has 0 unspecified atom stereocenters. The summed E-state index contributed by atoms with van der Waals surface area (Å²) in [5.41, 5.74) is 2.43. The van der Waals surface area contributed by atoms with Gasteiger partial charge in [-0.15, -0.1) is 0 Å².